The lowest BCUT2D eigenvalue weighted by molar-refractivity contribution is -0.118. The minimum atomic E-state index is -0.594. The van der Waals surface area contributed by atoms with Gasteiger partial charge in [-0.2, -0.15) is 11.3 Å². The second-order valence-electron chi connectivity index (χ2n) is 5.43. The molecule has 0 fully saturated rings. The lowest BCUT2D eigenvalue weighted by Crippen LogP contribution is -2.37. The molecule has 0 bridgehead atoms. The quantitative estimate of drug-likeness (QED) is 0.725. The topological polar surface area (TPSA) is 83.6 Å². The molecule has 5 nitrogen and oxygen atoms in total. The molecule has 1 aromatic heterocycles. The number of aromatic hydroxyl groups is 1. The maximum atomic E-state index is 12.4. The second-order valence-corrected chi connectivity index (χ2v) is 6.21. The summed E-state index contributed by atoms with van der Waals surface area (Å²) in [6, 6.07) is 20.1. The highest BCUT2D eigenvalue weighted by Crippen LogP contribution is 2.19. The zero-order chi connectivity index (χ0) is 18.8. The third-order valence-corrected chi connectivity index (χ3v) is 4.12. The summed E-state index contributed by atoms with van der Waals surface area (Å²) < 4.78 is 0. The van der Waals surface area contributed by atoms with Gasteiger partial charge < -0.3 is 15.7 Å². The van der Waals surface area contributed by atoms with E-state index in [1.807, 2.05) is 53.2 Å². The Balaban J connectivity index is 0.000000342. The van der Waals surface area contributed by atoms with Crippen LogP contribution in [0.15, 0.2) is 77.5 Å². The Morgan fingerprint density at radius 3 is 2.08 bits per heavy atom. The number of phenols is 1. The summed E-state index contributed by atoms with van der Waals surface area (Å²) in [5.41, 5.74) is 6.26. The molecule has 3 aromatic rings. The number of phenolic OH excluding ortho intramolecular Hbond substituents is 1. The summed E-state index contributed by atoms with van der Waals surface area (Å²) in [6.07, 6.45) is 0. The Morgan fingerprint density at radius 1 is 0.962 bits per heavy atom. The Bertz CT molecular complexity index is 793. The molecule has 26 heavy (non-hydrogen) atoms. The number of rotatable bonds is 5. The Morgan fingerprint density at radius 2 is 1.58 bits per heavy atom. The first-order valence-electron chi connectivity index (χ1n) is 7.94. The molecule has 0 aliphatic heterocycles. The fourth-order valence-electron chi connectivity index (χ4n) is 2.20. The van der Waals surface area contributed by atoms with E-state index in [1.54, 1.807) is 12.1 Å². The van der Waals surface area contributed by atoms with Gasteiger partial charge >= 0.3 is 0 Å². The van der Waals surface area contributed by atoms with E-state index in [4.69, 9.17) is 5.73 Å². The molecule has 2 amide bonds. The van der Waals surface area contributed by atoms with Crippen LogP contribution in [0.25, 0.3) is 0 Å². The first kappa shape index (κ1) is 19.2. The van der Waals surface area contributed by atoms with Crippen molar-refractivity contribution in [3.05, 3.63) is 88.6 Å². The van der Waals surface area contributed by atoms with Gasteiger partial charge in [-0.25, -0.2) is 0 Å². The van der Waals surface area contributed by atoms with E-state index >= 15 is 0 Å². The van der Waals surface area contributed by atoms with Crippen LogP contribution >= 0.6 is 11.3 Å². The maximum absolute atomic E-state index is 12.4. The Hall–Kier alpha value is -3.12. The SMILES string of the molecule is NC(=O)CN(Cc1ccsc1)C(=O)c1ccccc1O.c1ccccc1. The predicted molar refractivity (Wildman–Crippen MR) is 103 cm³/mol. The van der Waals surface area contributed by atoms with Gasteiger partial charge in [0, 0.05) is 6.54 Å². The highest BCUT2D eigenvalue weighted by molar-refractivity contribution is 7.07. The van der Waals surface area contributed by atoms with Gasteiger partial charge in [-0.05, 0) is 34.5 Å². The van der Waals surface area contributed by atoms with Crippen LogP contribution in [-0.2, 0) is 11.3 Å². The van der Waals surface area contributed by atoms with Gasteiger partial charge in [-0.3, -0.25) is 9.59 Å². The first-order chi connectivity index (χ1) is 12.6. The molecule has 0 aliphatic carbocycles. The minimum Gasteiger partial charge on any atom is -0.507 e. The molecule has 1 heterocycles. The molecule has 0 spiro atoms. The normalized spacial score (nSPS) is 9.69. The first-order valence-corrected chi connectivity index (χ1v) is 8.89. The highest BCUT2D eigenvalue weighted by atomic mass is 32.1. The third-order valence-electron chi connectivity index (χ3n) is 3.39. The molecule has 2 aromatic carbocycles. The van der Waals surface area contributed by atoms with Crippen LogP contribution in [0.3, 0.4) is 0 Å². The van der Waals surface area contributed by atoms with Crippen molar-refractivity contribution in [3.63, 3.8) is 0 Å². The summed E-state index contributed by atoms with van der Waals surface area (Å²) in [4.78, 5) is 24.8. The lowest BCUT2D eigenvalue weighted by Gasteiger charge is -2.21. The third kappa shape index (κ3) is 6.07. The van der Waals surface area contributed by atoms with Gasteiger partial charge in [0.25, 0.3) is 5.91 Å². The fraction of sp³-hybridized carbons (Fsp3) is 0.100. The van der Waals surface area contributed by atoms with Crippen molar-refractivity contribution in [2.24, 2.45) is 5.73 Å². The van der Waals surface area contributed by atoms with Crippen LogP contribution in [0.1, 0.15) is 15.9 Å². The van der Waals surface area contributed by atoms with Gasteiger partial charge in [-0.1, -0.05) is 48.5 Å². The highest BCUT2D eigenvalue weighted by Gasteiger charge is 2.20. The zero-order valence-electron chi connectivity index (χ0n) is 14.1. The number of nitrogens with two attached hydrogens (primary N) is 1. The number of hydrogen-bond acceptors (Lipinski definition) is 4. The number of hydrogen-bond donors (Lipinski definition) is 2. The van der Waals surface area contributed by atoms with E-state index in [0.717, 1.165) is 5.56 Å². The van der Waals surface area contributed by atoms with Crippen LogP contribution in [-0.4, -0.2) is 28.4 Å². The minimum absolute atomic E-state index is 0.114. The van der Waals surface area contributed by atoms with Crippen LogP contribution in [0.4, 0.5) is 0 Å². The number of nitrogens with zero attached hydrogens (tertiary/aromatic N) is 1. The molecule has 3 rings (SSSR count). The molecule has 6 heteroatoms. The average Bonchev–Trinajstić information content (AvgIpc) is 3.16. The number of primary amides is 1. The van der Waals surface area contributed by atoms with Crippen molar-refractivity contribution in [2.45, 2.75) is 6.54 Å². The van der Waals surface area contributed by atoms with Gasteiger partial charge in [0.15, 0.2) is 0 Å². The van der Waals surface area contributed by atoms with E-state index in [9.17, 15) is 14.7 Å². The second kappa shape index (κ2) is 10.0. The molecule has 3 N–H and O–H groups in total. The molecule has 0 aliphatic rings. The Kier molecular flexibility index (Phi) is 7.39. The van der Waals surface area contributed by atoms with E-state index in [2.05, 4.69) is 0 Å². The molecule has 134 valence electrons. The summed E-state index contributed by atoms with van der Waals surface area (Å²) >= 11 is 1.51. The van der Waals surface area contributed by atoms with Gasteiger partial charge in [-0.15, -0.1) is 0 Å². The maximum Gasteiger partial charge on any atom is 0.258 e. The lowest BCUT2D eigenvalue weighted by atomic mass is 10.1. The molecule has 0 unspecified atom stereocenters. The number of carbonyl (C=O) groups is 2. The van der Waals surface area contributed by atoms with Crippen molar-refractivity contribution < 1.29 is 14.7 Å². The summed E-state index contributed by atoms with van der Waals surface area (Å²) in [7, 11) is 0. The number of thiophene rings is 1. The molecule has 0 atom stereocenters. The van der Waals surface area contributed by atoms with Crippen LogP contribution in [0, 0.1) is 0 Å². The van der Waals surface area contributed by atoms with E-state index in [-0.39, 0.29) is 24.4 Å². The van der Waals surface area contributed by atoms with Gasteiger partial charge in [0.05, 0.1) is 12.1 Å². The largest absolute Gasteiger partial charge is 0.507 e. The molecule has 0 saturated heterocycles. The average molecular weight is 368 g/mol. The number of para-hydroxylation sites is 1. The van der Waals surface area contributed by atoms with Crippen molar-refractivity contribution >= 4 is 23.2 Å². The van der Waals surface area contributed by atoms with Crippen LogP contribution < -0.4 is 5.73 Å². The van der Waals surface area contributed by atoms with Gasteiger partial charge in [0.1, 0.15) is 5.75 Å². The molecule has 0 saturated carbocycles. The standard InChI is InChI=1S/C14H14N2O3S.C6H6/c15-13(18)8-16(7-10-5-6-20-9-10)14(19)11-3-1-2-4-12(11)17;1-2-4-6-5-3-1/h1-6,9,17H,7-8H2,(H2,15,18);1-6H. The van der Waals surface area contributed by atoms with E-state index in [1.165, 1.54) is 28.4 Å². The number of amides is 2. The van der Waals surface area contributed by atoms with Crippen molar-refractivity contribution in [1.29, 1.82) is 0 Å². The fourth-order valence-corrected chi connectivity index (χ4v) is 2.86. The van der Waals surface area contributed by atoms with Crippen molar-refractivity contribution in [2.75, 3.05) is 6.54 Å². The van der Waals surface area contributed by atoms with Crippen molar-refractivity contribution in [3.8, 4) is 5.75 Å². The summed E-state index contributed by atoms with van der Waals surface area (Å²) in [5.74, 6) is -1.13. The van der Waals surface area contributed by atoms with E-state index in [0.29, 0.717) is 0 Å². The number of carbonyl (C=O) groups excluding carboxylic acids is 2. The monoisotopic (exact) mass is 368 g/mol. The van der Waals surface area contributed by atoms with Gasteiger partial charge in [0.2, 0.25) is 5.91 Å². The smallest absolute Gasteiger partial charge is 0.258 e. The predicted octanol–water partition coefficient (Wildman–Crippen LogP) is 3.27. The molecule has 0 radical (unpaired) electrons. The molecular formula is C20H20N2O3S. The summed E-state index contributed by atoms with van der Waals surface area (Å²) in [6.45, 7) is 0.0859. The van der Waals surface area contributed by atoms with Crippen LogP contribution in [0.5, 0.6) is 5.75 Å². The molecular weight excluding hydrogens is 348 g/mol. The summed E-state index contributed by atoms with van der Waals surface area (Å²) in [5, 5.41) is 13.5. The zero-order valence-corrected chi connectivity index (χ0v) is 14.9. The van der Waals surface area contributed by atoms with E-state index < -0.39 is 11.8 Å². The van der Waals surface area contributed by atoms with Crippen LogP contribution in [0.2, 0.25) is 0 Å². The number of benzene rings is 2. The van der Waals surface area contributed by atoms with Crippen molar-refractivity contribution in [1.82, 2.24) is 4.90 Å². The Labute approximate surface area is 156 Å².